The molecular formula is C26H30ClFN8O3. The molecule has 1 aliphatic heterocycles. The lowest BCUT2D eigenvalue weighted by Gasteiger charge is -2.34. The first-order valence-electron chi connectivity index (χ1n) is 12.5. The molecule has 4 N–H and O–H groups in total. The molecule has 1 fully saturated rings. The van der Waals surface area contributed by atoms with E-state index in [4.69, 9.17) is 16.7 Å². The van der Waals surface area contributed by atoms with Crippen LogP contribution < -0.4 is 16.0 Å². The van der Waals surface area contributed by atoms with E-state index in [0.29, 0.717) is 59.7 Å². The van der Waals surface area contributed by atoms with Crippen molar-refractivity contribution in [3.63, 3.8) is 0 Å². The number of carboxylic acid groups (broad SMARTS) is 1. The number of piperazine rings is 1. The minimum Gasteiger partial charge on any atom is -0.465 e. The normalized spacial score (nSPS) is 14.1. The zero-order valence-corrected chi connectivity index (χ0v) is 22.2. The molecule has 2 amide bonds. The number of nitrogens with zero attached hydrogens (tertiary/aromatic N) is 5. The summed E-state index contributed by atoms with van der Waals surface area (Å²) in [6.45, 7) is 6.76. The van der Waals surface area contributed by atoms with Gasteiger partial charge in [0.15, 0.2) is 0 Å². The van der Waals surface area contributed by atoms with Crippen LogP contribution in [0.1, 0.15) is 12.1 Å². The minimum atomic E-state index is -1.01. The summed E-state index contributed by atoms with van der Waals surface area (Å²) in [6.07, 6.45) is 0.888. The zero-order chi connectivity index (χ0) is 27.8. The number of carbonyl (C=O) groups is 2. The zero-order valence-electron chi connectivity index (χ0n) is 21.5. The number of halogens is 2. The maximum Gasteiger partial charge on any atom is 0.404 e. The van der Waals surface area contributed by atoms with Gasteiger partial charge < -0.3 is 26.0 Å². The van der Waals surface area contributed by atoms with Crippen LogP contribution in [0.4, 0.5) is 26.4 Å². The van der Waals surface area contributed by atoms with Crippen molar-refractivity contribution in [3.05, 3.63) is 59.1 Å². The van der Waals surface area contributed by atoms with Gasteiger partial charge in [-0.2, -0.15) is 10.2 Å². The molecule has 1 aliphatic rings. The number of amides is 2. The highest BCUT2D eigenvalue weighted by Crippen LogP contribution is 2.28. The van der Waals surface area contributed by atoms with Gasteiger partial charge in [-0.25, -0.2) is 14.2 Å². The van der Waals surface area contributed by atoms with Crippen molar-refractivity contribution in [1.82, 2.24) is 30.3 Å². The molecule has 3 aromatic rings. The lowest BCUT2D eigenvalue weighted by molar-refractivity contribution is -0.116. The average molecular weight is 557 g/mol. The molecule has 1 aromatic carbocycles. The number of aromatic nitrogens is 3. The number of aryl methyl sites for hydroxylation is 1. The Labute approximate surface area is 230 Å². The minimum absolute atomic E-state index is 0.145. The van der Waals surface area contributed by atoms with E-state index in [-0.39, 0.29) is 11.5 Å². The quantitative estimate of drug-likeness (QED) is 0.295. The highest BCUT2D eigenvalue weighted by molar-refractivity contribution is 6.30. The van der Waals surface area contributed by atoms with Gasteiger partial charge in [0.25, 0.3) is 0 Å². The van der Waals surface area contributed by atoms with Crippen LogP contribution in [0, 0.1) is 12.7 Å². The van der Waals surface area contributed by atoms with Crippen molar-refractivity contribution in [2.75, 3.05) is 56.4 Å². The largest absolute Gasteiger partial charge is 0.465 e. The van der Waals surface area contributed by atoms with Gasteiger partial charge in [-0.15, -0.1) is 0 Å². The fraction of sp³-hybridized carbons (Fsp3) is 0.346. The molecule has 0 spiro atoms. The predicted molar refractivity (Wildman–Crippen MR) is 147 cm³/mol. The van der Waals surface area contributed by atoms with Crippen molar-refractivity contribution in [3.8, 4) is 11.3 Å². The number of pyridine rings is 1. The summed E-state index contributed by atoms with van der Waals surface area (Å²) in [4.78, 5) is 31.8. The summed E-state index contributed by atoms with van der Waals surface area (Å²) < 4.78 is 14.3. The maximum atomic E-state index is 14.3. The molecule has 39 heavy (non-hydrogen) atoms. The van der Waals surface area contributed by atoms with E-state index in [9.17, 15) is 14.0 Å². The van der Waals surface area contributed by atoms with Gasteiger partial charge in [0, 0.05) is 80.8 Å². The van der Waals surface area contributed by atoms with Crippen molar-refractivity contribution in [1.29, 1.82) is 0 Å². The summed E-state index contributed by atoms with van der Waals surface area (Å²) in [6, 6.07) is 9.41. The van der Waals surface area contributed by atoms with Crippen LogP contribution in [0.5, 0.6) is 0 Å². The first-order chi connectivity index (χ1) is 18.8. The standard InChI is InChI=1S/C26H30ClFN8O3/c1-17-22(16-23(34-33-17)20-14-18(27)2-3-21(20)28)31-19-4-6-29-24(15-19)32-25(37)5-8-35-10-12-36(13-11-35)9-7-30-26(38)39/h2-4,6,14-16,30H,5,7-13H2,1H3,(H,38,39)(H2,29,31,32,34,37). The Morgan fingerprint density at radius 1 is 1.05 bits per heavy atom. The third kappa shape index (κ3) is 8.31. The van der Waals surface area contributed by atoms with Crippen LogP contribution in [-0.4, -0.2) is 87.9 Å². The second-order valence-corrected chi connectivity index (χ2v) is 9.56. The van der Waals surface area contributed by atoms with E-state index in [0.717, 1.165) is 26.2 Å². The molecule has 0 radical (unpaired) electrons. The van der Waals surface area contributed by atoms with Crippen LogP contribution in [-0.2, 0) is 4.79 Å². The van der Waals surface area contributed by atoms with E-state index in [1.54, 1.807) is 31.3 Å². The number of hydrogen-bond acceptors (Lipinski definition) is 8. The lowest BCUT2D eigenvalue weighted by Crippen LogP contribution is -2.48. The number of rotatable bonds is 10. The van der Waals surface area contributed by atoms with Gasteiger partial charge in [0.2, 0.25) is 5.91 Å². The highest BCUT2D eigenvalue weighted by atomic mass is 35.5. The lowest BCUT2D eigenvalue weighted by atomic mass is 10.1. The molecule has 2 aromatic heterocycles. The molecule has 0 atom stereocenters. The van der Waals surface area contributed by atoms with Crippen LogP contribution in [0.25, 0.3) is 11.3 Å². The number of anilines is 3. The molecular weight excluding hydrogens is 527 g/mol. The van der Waals surface area contributed by atoms with Crippen molar-refractivity contribution >= 4 is 40.8 Å². The van der Waals surface area contributed by atoms with Gasteiger partial charge in [-0.05, 0) is 37.3 Å². The summed E-state index contributed by atoms with van der Waals surface area (Å²) in [5, 5.41) is 25.8. The summed E-state index contributed by atoms with van der Waals surface area (Å²) in [5.74, 6) is -0.193. The van der Waals surface area contributed by atoms with Crippen LogP contribution in [0.2, 0.25) is 5.02 Å². The molecule has 3 heterocycles. The van der Waals surface area contributed by atoms with E-state index >= 15 is 0 Å². The van der Waals surface area contributed by atoms with Gasteiger partial charge >= 0.3 is 6.09 Å². The fourth-order valence-corrected chi connectivity index (χ4v) is 4.33. The fourth-order valence-electron chi connectivity index (χ4n) is 4.16. The first-order valence-corrected chi connectivity index (χ1v) is 12.9. The molecule has 0 bridgehead atoms. The third-order valence-electron chi connectivity index (χ3n) is 6.31. The molecule has 4 rings (SSSR count). The second-order valence-electron chi connectivity index (χ2n) is 9.12. The predicted octanol–water partition coefficient (Wildman–Crippen LogP) is 3.60. The highest BCUT2D eigenvalue weighted by Gasteiger charge is 2.18. The summed E-state index contributed by atoms with van der Waals surface area (Å²) >= 11 is 6.03. The molecule has 0 saturated carbocycles. The van der Waals surface area contributed by atoms with Gasteiger partial charge in [-0.3, -0.25) is 9.69 Å². The van der Waals surface area contributed by atoms with Crippen LogP contribution in [0.15, 0.2) is 42.6 Å². The Morgan fingerprint density at radius 2 is 1.79 bits per heavy atom. The average Bonchev–Trinajstić information content (AvgIpc) is 2.91. The Bertz CT molecular complexity index is 1320. The third-order valence-corrected chi connectivity index (χ3v) is 6.55. The molecule has 0 aliphatic carbocycles. The number of hydrogen-bond donors (Lipinski definition) is 4. The van der Waals surface area contributed by atoms with E-state index < -0.39 is 11.9 Å². The Hall–Kier alpha value is -3.87. The second kappa shape index (κ2) is 13.3. The van der Waals surface area contributed by atoms with Gasteiger partial charge in [0.05, 0.1) is 17.1 Å². The molecule has 206 valence electrons. The van der Waals surface area contributed by atoms with Gasteiger partial charge in [-0.1, -0.05) is 11.6 Å². The Kier molecular flexibility index (Phi) is 9.58. The van der Waals surface area contributed by atoms with Crippen LogP contribution in [0.3, 0.4) is 0 Å². The monoisotopic (exact) mass is 556 g/mol. The maximum absolute atomic E-state index is 14.3. The summed E-state index contributed by atoms with van der Waals surface area (Å²) in [7, 11) is 0. The van der Waals surface area contributed by atoms with Crippen LogP contribution >= 0.6 is 11.6 Å². The van der Waals surface area contributed by atoms with Crippen molar-refractivity contribution < 1.29 is 19.1 Å². The summed E-state index contributed by atoms with van der Waals surface area (Å²) in [5.41, 5.74) is 2.49. The number of benzene rings is 1. The van der Waals surface area contributed by atoms with Crippen molar-refractivity contribution in [2.45, 2.75) is 13.3 Å². The molecule has 11 nitrogen and oxygen atoms in total. The van der Waals surface area contributed by atoms with Gasteiger partial charge in [0.1, 0.15) is 11.6 Å². The van der Waals surface area contributed by atoms with E-state index in [2.05, 4.69) is 40.9 Å². The smallest absolute Gasteiger partial charge is 0.404 e. The topological polar surface area (TPSA) is 136 Å². The van der Waals surface area contributed by atoms with E-state index in [1.807, 2.05) is 0 Å². The first kappa shape index (κ1) is 28.1. The number of carbonyl (C=O) groups excluding carboxylic acids is 1. The number of nitrogens with one attached hydrogen (secondary N) is 3. The Balaban J connectivity index is 1.29. The Morgan fingerprint density at radius 3 is 2.54 bits per heavy atom. The van der Waals surface area contributed by atoms with E-state index in [1.165, 1.54) is 18.2 Å². The molecule has 0 unspecified atom stereocenters. The SMILES string of the molecule is Cc1nnc(-c2cc(Cl)ccc2F)cc1Nc1ccnc(NC(=O)CCN2CCN(CCNC(=O)O)CC2)c1. The molecule has 1 saturated heterocycles. The molecule has 13 heteroatoms. The van der Waals surface area contributed by atoms with Crippen molar-refractivity contribution in [2.24, 2.45) is 0 Å².